The van der Waals surface area contributed by atoms with Crippen LogP contribution in [0.25, 0.3) is 22.5 Å². The maximum atomic E-state index is 6.63. The van der Waals surface area contributed by atoms with Crippen LogP contribution in [-0.2, 0) is 6.42 Å². The van der Waals surface area contributed by atoms with E-state index < -0.39 is 0 Å². The molecule has 0 radical (unpaired) electrons. The summed E-state index contributed by atoms with van der Waals surface area (Å²) in [6.07, 6.45) is 0.702. The number of halogens is 1. The lowest BCUT2D eigenvalue weighted by atomic mass is 10.0. The number of aromatic nitrogens is 2. The first-order valence-corrected chi connectivity index (χ1v) is 8.90. The van der Waals surface area contributed by atoms with Crippen molar-refractivity contribution >= 4 is 11.6 Å². The van der Waals surface area contributed by atoms with Gasteiger partial charge in [0.1, 0.15) is 5.15 Å². The standard InChI is InChI=1S/C23H17ClN2/c24-22-21(18-12-6-2-7-13-18)20(16-17-10-4-1-5-11-17)25-23(26-22)19-14-8-3-9-15-19/h1-15H,16H2. The quantitative estimate of drug-likeness (QED) is 0.416. The first kappa shape index (κ1) is 16.5. The Balaban J connectivity index is 1.88. The number of nitrogens with zero attached hydrogens (tertiary/aromatic N) is 2. The maximum Gasteiger partial charge on any atom is 0.161 e. The summed E-state index contributed by atoms with van der Waals surface area (Å²) in [4.78, 5) is 9.46. The molecule has 0 bridgehead atoms. The minimum absolute atomic E-state index is 0.482. The van der Waals surface area contributed by atoms with E-state index >= 15 is 0 Å². The van der Waals surface area contributed by atoms with Crippen LogP contribution in [0.1, 0.15) is 11.3 Å². The summed E-state index contributed by atoms with van der Waals surface area (Å²) >= 11 is 6.63. The van der Waals surface area contributed by atoms with Crippen LogP contribution in [0, 0.1) is 0 Å². The summed E-state index contributed by atoms with van der Waals surface area (Å²) in [5, 5.41) is 0.482. The molecule has 0 aliphatic heterocycles. The van der Waals surface area contributed by atoms with Gasteiger partial charge in [-0.05, 0) is 11.1 Å². The van der Waals surface area contributed by atoms with Gasteiger partial charge in [0.15, 0.2) is 5.82 Å². The molecule has 3 heteroatoms. The smallest absolute Gasteiger partial charge is 0.161 e. The molecule has 1 aromatic heterocycles. The second kappa shape index (κ2) is 7.51. The first-order chi connectivity index (χ1) is 12.8. The van der Waals surface area contributed by atoms with E-state index in [1.807, 2.05) is 78.9 Å². The molecule has 126 valence electrons. The van der Waals surface area contributed by atoms with Crippen LogP contribution in [0.3, 0.4) is 0 Å². The third kappa shape index (κ3) is 3.51. The topological polar surface area (TPSA) is 25.8 Å². The largest absolute Gasteiger partial charge is 0.232 e. The van der Waals surface area contributed by atoms with Gasteiger partial charge in [0.2, 0.25) is 0 Å². The van der Waals surface area contributed by atoms with Gasteiger partial charge in [-0.1, -0.05) is 103 Å². The molecule has 0 saturated heterocycles. The molecule has 0 fully saturated rings. The van der Waals surface area contributed by atoms with Crippen molar-refractivity contribution in [2.45, 2.75) is 6.42 Å². The third-order valence-corrected chi connectivity index (χ3v) is 4.52. The van der Waals surface area contributed by atoms with Crippen molar-refractivity contribution < 1.29 is 0 Å². The predicted molar refractivity (Wildman–Crippen MR) is 107 cm³/mol. The van der Waals surface area contributed by atoms with Gasteiger partial charge in [0, 0.05) is 17.5 Å². The van der Waals surface area contributed by atoms with Gasteiger partial charge in [0.25, 0.3) is 0 Å². The summed E-state index contributed by atoms with van der Waals surface area (Å²) in [7, 11) is 0. The number of rotatable bonds is 4. The van der Waals surface area contributed by atoms with Crippen LogP contribution in [0.4, 0.5) is 0 Å². The molecule has 26 heavy (non-hydrogen) atoms. The Hall–Kier alpha value is -2.97. The summed E-state index contributed by atoms with van der Waals surface area (Å²) in [6, 6.07) is 30.3. The van der Waals surface area contributed by atoms with Gasteiger partial charge in [-0.2, -0.15) is 0 Å². The third-order valence-electron chi connectivity index (χ3n) is 4.25. The Morgan fingerprint density at radius 2 is 1.15 bits per heavy atom. The van der Waals surface area contributed by atoms with Crippen molar-refractivity contribution in [3.8, 4) is 22.5 Å². The summed E-state index contributed by atoms with van der Waals surface area (Å²) in [6.45, 7) is 0. The SMILES string of the molecule is Clc1nc(-c2ccccc2)nc(Cc2ccccc2)c1-c1ccccc1. The van der Waals surface area contributed by atoms with Crippen molar-refractivity contribution in [1.29, 1.82) is 0 Å². The van der Waals surface area contributed by atoms with Gasteiger partial charge in [-0.3, -0.25) is 0 Å². The highest BCUT2D eigenvalue weighted by atomic mass is 35.5. The van der Waals surface area contributed by atoms with E-state index in [-0.39, 0.29) is 0 Å². The Morgan fingerprint density at radius 1 is 0.615 bits per heavy atom. The molecule has 3 aromatic carbocycles. The highest BCUT2D eigenvalue weighted by Gasteiger charge is 2.16. The fourth-order valence-electron chi connectivity index (χ4n) is 3.00. The zero-order valence-corrected chi connectivity index (χ0v) is 14.9. The Bertz CT molecular complexity index is 1000. The summed E-state index contributed by atoms with van der Waals surface area (Å²) in [5.74, 6) is 0.654. The molecule has 4 rings (SSSR count). The molecule has 0 saturated carbocycles. The zero-order chi connectivity index (χ0) is 17.8. The molecule has 2 nitrogen and oxygen atoms in total. The molecule has 0 N–H and O–H groups in total. The Morgan fingerprint density at radius 3 is 1.77 bits per heavy atom. The van der Waals surface area contributed by atoms with Crippen LogP contribution >= 0.6 is 11.6 Å². The Kier molecular flexibility index (Phi) is 4.76. The minimum Gasteiger partial charge on any atom is -0.232 e. The van der Waals surface area contributed by atoms with Crippen molar-refractivity contribution in [2.75, 3.05) is 0 Å². The normalized spacial score (nSPS) is 10.7. The molecule has 0 atom stereocenters. The minimum atomic E-state index is 0.482. The molecule has 0 aliphatic rings. The van der Waals surface area contributed by atoms with E-state index in [0.717, 1.165) is 22.4 Å². The van der Waals surface area contributed by atoms with E-state index in [4.69, 9.17) is 16.6 Å². The second-order valence-electron chi connectivity index (χ2n) is 6.05. The highest BCUT2D eigenvalue weighted by Crippen LogP contribution is 2.32. The molecule has 0 aliphatic carbocycles. The molecule has 0 spiro atoms. The molecule has 4 aromatic rings. The van der Waals surface area contributed by atoms with Gasteiger partial charge in [-0.25, -0.2) is 9.97 Å². The Labute approximate surface area is 158 Å². The zero-order valence-electron chi connectivity index (χ0n) is 14.1. The molecular formula is C23H17ClN2. The lowest BCUT2D eigenvalue weighted by Crippen LogP contribution is -2.02. The predicted octanol–water partition coefficient (Wildman–Crippen LogP) is 6.05. The summed E-state index contributed by atoms with van der Waals surface area (Å²) in [5.41, 5.74) is 5.02. The monoisotopic (exact) mass is 356 g/mol. The first-order valence-electron chi connectivity index (χ1n) is 8.52. The maximum absolute atomic E-state index is 6.63. The lowest BCUT2D eigenvalue weighted by Gasteiger charge is -2.13. The second-order valence-corrected chi connectivity index (χ2v) is 6.41. The van der Waals surface area contributed by atoms with Crippen LogP contribution in [-0.4, -0.2) is 9.97 Å². The average Bonchev–Trinajstić information content (AvgIpc) is 2.70. The molecule has 1 heterocycles. The number of hydrogen-bond acceptors (Lipinski definition) is 2. The van der Waals surface area contributed by atoms with Crippen molar-refractivity contribution in [2.24, 2.45) is 0 Å². The van der Waals surface area contributed by atoms with Crippen LogP contribution in [0.15, 0.2) is 91.0 Å². The number of benzene rings is 3. The van der Waals surface area contributed by atoms with E-state index in [2.05, 4.69) is 17.1 Å². The van der Waals surface area contributed by atoms with Crippen LogP contribution in [0.5, 0.6) is 0 Å². The van der Waals surface area contributed by atoms with E-state index in [0.29, 0.717) is 17.4 Å². The van der Waals surface area contributed by atoms with Crippen molar-refractivity contribution in [1.82, 2.24) is 9.97 Å². The van der Waals surface area contributed by atoms with Gasteiger partial charge in [0.05, 0.1) is 5.69 Å². The van der Waals surface area contributed by atoms with Crippen LogP contribution in [0.2, 0.25) is 5.15 Å². The average molecular weight is 357 g/mol. The lowest BCUT2D eigenvalue weighted by molar-refractivity contribution is 1.04. The van der Waals surface area contributed by atoms with E-state index in [1.165, 1.54) is 5.56 Å². The van der Waals surface area contributed by atoms with Gasteiger partial charge < -0.3 is 0 Å². The fraction of sp³-hybridized carbons (Fsp3) is 0.0435. The fourth-order valence-corrected chi connectivity index (χ4v) is 3.30. The van der Waals surface area contributed by atoms with Gasteiger partial charge in [-0.15, -0.1) is 0 Å². The van der Waals surface area contributed by atoms with E-state index in [9.17, 15) is 0 Å². The summed E-state index contributed by atoms with van der Waals surface area (Å²) < 4.78 is 0. The van der Waals surface area contributed by atoms with Gasteiger partial charge >= 0.3 is 0 Å². The molecular weight excluding hydrogens is 340 g/mol. The number of hydrogen-bond donors (Lipinski definition) is 0. The van der Waals surface area contributed by atoms with Crippen molar-refractivity contribution in [3.05, 3.63) is 107 Å². The van der Waals surface area contributed by atoms with E-state index in [1.54, 1.807) is 0 Å². The van der Waals surface area contributed by atoms with Crippen molar-refractivity contribution in [3.63, 3.8) is 0 Å². The van der Waals surface area contributed by atoms with Crippen LogP contribution < -0.4 is 0 Å². The molecule has 0 amide bonds. The molecule has 0 unspecified atom stereocenters. The highest BCUT2D eigenvalue weighted by molar-refractivity contribution is 6.32.